The Bertz CT molecular complexity index is 415. The van der Waals surface area contributed by atoms with Crippen LogP contribution in [0.25, 0.3) is 0 Å². The fourth-order valence-electron chi connectivity index (χ4n) is 0.979. The van der Waals surface area contributed by atoms with Gasteiger partial charge in [-0.05, 0) is 15.9 Å². The number of nitrogens with zero attached hydrogens (tertiary/aromatic N) is 2. The van der Waals surface area contributed by atoms with Gasteiger partial charge in [0, 0.05) is 12.0 Å². The average Bonchev–Trinajstić information content (AvgIpc) is 2.25. The van der Waals surface area contributed by atoms with Gasteiger partial charge in [-0.3, -0.25) is 0 Å². The minimum atomic E-state index is -4.20. The van der Waals surface area contributed by atoms with Gasteiger partial charge in [0.2, 0.25) is 5.88 Å². The molecule has 0 aliphatic rings. The van der Waals surface area contributed by atoms with Crippen molar-refractivity contribution in [2.24, 2.45) is 0 Å². The van der Waals surface area contributed by atoms with E-state index in [1.54, 1.807) is 13.8 Å². The molecule has 0 saturated heterocycles. The molecule has 8 heteroatoms. The van der Waals surface area contributed by atoms with Crippen molar-refractivity contribution in [3.8, 4) is 5.88 Å². The lowest BCUT2D eigenvalue weighted by molar-refractivity contribution is -0.148. The molecule has 0 saturated carbocycles. The first-order valence-electron chi connectivity index (χ1n) is 5.05. The van der Waals surface area contributed by atoms with E-state index >= 15 is 0 Å². The summed E-state index contributed by atoms with van der Waals surface area (Å²) in [7, 11) is 0. The maximum absolute atomic E-state index is 12.7. The van der Waals surface area contributed by atoms with Crippen LogP contribution in [0.15, 0.2) is 10.7 Å². The van der Waals surface area contributed by atoms with Crippen LogP contribution < -0.4 is 4.74 Å². The number of alkyl halides is 4. The molecule has 102 valence electrons. The zero-order valence-electron chi connectivity index (χ0n) is 9.63. The quantitative estimate of drug-likeness (QED) is 0.610. The molecule has 18 heavy (non-hydrogen) atoms. The molecule has 0 spiro atoms. The molecule has 0 aliphatic heterocycles. The summed E-state index contributed by atoms with van der Waals surface area (Å²) in [5, 5.41) is 0. The van der Waals surface area contributed by atoms with Crippen molar-refractivity contribution in [3.05, 3.63) is 16.5 Å². The zero-order chi connectivity index (χ0) is 13.9. The van der Waals surface area contributed by atoms with Crippen molar-refractivity contribution in [3.63, 3.8) is 0 Å². The van der Waals surface area contributed by atoms with Gasteiger partial charge in [0.15, 0.2) is 6.61 Å². The first kappa shape index (κ1) is 15.1. The van der Waals surface area contributed by atoms with Gasteiger partial charge in [-0.2, -0.15) is 13.8 Å². The fourth-order valence-corrected chi connectivity index (χ4v) is 1.36. The van der Waals surface area contributed by atoms with E-state index in [4.69, 9.17) is 0 Å². The van der Waals surface area contributed by atoms with Crippen molar-refractivity contribution >= 4 is 15.9 Å². The van der Waals surface area contributed by atoms with Crippen molar-refractivity contribution in [2.75, 3.05) is 6.61 Å². The minimum absolute atomic E-state index is 0.0412. The van der Waals surface area contributed by atoms with Gasteiger partial charge in [-0.25, -0.2) is 13.8 Å². The number of aromatic nitrogens is 2. The third-order valence-corrected chi connectivity index (χ3v) is 2.34. The Morgan fingerprint density at radius 3 is 2.44 bits per heavy atom. The van der Waals surface area contributed by atoms with E-state index < -0.39 is 19.0 Å². The first-order valence-corrected chi connectivity index (χ1v) is 5.85. The van der Waals surface area contributed by atoms with Crippen molar-refractivity contribution < 1.29 is 22.3 Å². The highest BCUT2D eigenvalue weighted by atomic mass is 79.9. The van der Waals surface area contributed by atoms with E-state index in [2.05, 4.69) is 30.6 Å². The lowest BCUT2D eigenvalue weighted by Gasteiger charge is -2.16. The van der Waals surface area contributed by atoms with E-state index in [1.807, 2.05) is 0 Å². The summed E-state index contributed by atoms with van der Waals surface area (Å²) in [6, 6.07) is 1.24. The highest BCUT2D eigenvalue weighted by molar-refractivity contribution is 9.10. The highest BCUT2D eigenvalue weighted by Gasteiger charge is 2.41. The molecule has 1 heterocycles. The number of hydrogen-bond acceptors (Lipinski definition) is 3. The fraction of sp³-hybridized carbons (Fsp3) is 0.600. The lowest BCUT2D eigenvalue weighted by atomic mass is 10.2. The van der Waals surface area contributed by atoms with Crippen LogP contribution >= 0.6 is 15.9 Å². The van der Waals surface area contributed by atoms with Crippen LogP contribution in [0.3, 0.4) is 0 Å². The number of rotatable bonds is 5. The molecular weight excluding hydrogens is 320 g/mol. The van der Waals surface area contributed by atoms with Gasteiger partial charge in [0.1, 0.15) is 10.4 Å². The molecule has 0 fully saturated rings. The van der Waals surface area contributed by atoms with Gasteiger partial charge in [-0.15, -0.1) is 0 Å². The average molecular weight is 331 g/mol. The molecular formula is C10H11BrF4N2O. The summed E-state index contributed by atoms with van der Waals surface area (Å²) in [5.41, 5.74) is 0. The van der Waals surface area contributed by atoms with Gasteiger partial charge < -0.3 is 4.74 Å². The standard InChI is InChI=1S/C10H11BrF4N2O/c1-5(2)8-16-6(11)3-7(17-8)18-4-10(14,15)9(12)13/h3,5,9H,4H2,1-2H3. The molecule has 0 N–H and O–H groups in total. The monoisotopic (exact) mass is 330 g/mol. The van der Waals surface area contributed by atoms with Crippen molar-refractivity contribution in [2.45, 2.75) is 32.1 Å². The van der Waals surface area contributed by atoms with E-state index in [0.717, 1.165) is 0 Å². The van der Waals surface area contributed by atoms with Crippen LogP contribution in [0.1, 0.15) is 25.6 Å². The third kappa shape index (κ3) is 4.08. The predicted molar refractivity (Wildman–Crippen MR) is 60.3 cm³/mol. The van der Waals surface area contributed by atoms with Gasteiger partial charge >= 0.3 is 12.3 Å². The molecule has 1 aromatic rings. The Morgan fingerprint density at radius 2 is 1.94 bits per heavy atom. The molecule has 1 rings (SSSR count). The second kappa shape index (κ2) is 5.81. The van der Waals surface area contributed by atoms with Crippen LogP contribution in [0.5, 0.6) is 5.88 Å². The van der Waals surface area contributed by atoms with Gasteiger partial charge in [-0.1, -0.05) is 13.8 Å². The second-order valence-corrected chi connectivity index (χ2v) is 4.70. The Balaban J connectivity index is 2.79. The summed E-state index contributed by atoms with van der Waals surface area (Å²) in [6.07, 6.45) is -3.77. The molecule has 1 aromatic heterocycles. The number of ether oxygens (including phenoxy) is 1. The Labute approximate surface area is 110 Å². The van der Waals surface area contributed by atoms with Crippen molar-refractivity contribution in [1.82, 2.24) is 9.97 Å². The Kier molecular flexibility index (Phi) is 4.89. The highest BCUT2D eigenvalue weighted by Crippen LogP contribution is 2.25. The molecule has 0 aromatic carbocycles. The molecule has 0 bridgehead atoms. The molecule has 0 aliphatic carbocycles. The van der Waals surface area contributed by atoms with E-state index in [-0.39, 0.29) is 11.8 Å². The van der Waals surface area contributed by atoms with E-state index in [0.29, 0.717) is 10.4 Å². The predicted octanol–water partition coefficient (Wildman–Crippen LogP) is 3.64. The molecule has 0 amide bonds. The first-order chi connectivity index (χ1) is 8.22. The molecule has 0 radical (unpaired) electrons. The summed E-state index contributed by atoms with van der Waals surface area (Å²) < 4.78 is 54.1. The number of hydrogen-bond donors (Lipinski definition) is 0. The molecule has 0 atom stereocenters. The SMILES string of the molecule is CC(C)c1nc(Br)cc(OCC(F)(F)C(F)F)n1. The van der Waals surface area contributed by atoms with Crippen molar-refractivity contribution in [1.29, 1.82) is 0 Å². The topological polar surface area (TPSA) is 35.0 Å². The van der Waals surface area contributed by atoms with Crippen LogP contribution in [-0.2, 0) is 0 Å². The normalized spacial score (nSPS) is 12.3. The molecule has 3 nitrogen and oxygen atoms in total. The maximum atomic E-state index is 12.7. The smallest absolute Gasteiger partial charge is 0.340 e. The summed E-state index contributed by atoms with van der Waals surface area (Å²) in [5.74, 6) is -4.03. The maximum Gasteiger partial charge on any atom is 0.340 e. The summed E-state index contributed by atoms with van der Waals surface area (Å²) >= 11 is 3.06. The van der Waals surface area contributed by atoms with E-state index in [1.165, 1.54) is 6.07 Å². The Morgan fingerprint density at radius 1 is 1.33 bits per heavy atom. The van der Waals surface area contributed by atoms with Crippen LogP contribution in [0.2, 0.25) is 0 Å². The Hall–Kier alpha value is -0.920. The minimum Gasteiger partial charge on any atom is -0.471 e. The van der Waals surface area contributed by atoms with Crippen LogP contribution in [0.4, 0.5) is 17.6 Å². The molecule has 0 unspecified atom stereocenters. The summed E-state index contributed by atoms with van der Waals surface area (Å²) in [6.45, 7) is 2.18. The van der Waals surface area contributed by atoms with Gasteiger partial charge in [0.25, 0.3) is 0 Å². The number of halogens is 5. The largest absolute Gasteiger partial charge is 0.471 e. The van der Waals surface area contributed by atoms with Gasteiger partial charge in [0.05, 0.1) is 0 Å². The lowest BCUT2D eigenvalue weighted by Crippen LogP contribution is -2.34. The third-order valence-electron chi connectivity index (χ3n) is 1.94. The van der Waals surface area contributed by atoms with Crippen LogP contribution in [-0.4, -0.2) is 28.9 Å². The van der Waals surface area contributed by atoms with E-state index in [9.17, 15) is 17.6 Å². The van der Waals surface area contributed by atoms with Crippen LogP contribution in [0, 0.1) is 0 Å². The zero-order valence-corrected chi connectivity index (χ0v) is 11.2. The second-order valence-electron chi connectivity index (χ2n) is 3.89. The summed E-state index contributed by atoms with van der Waals surface area (Å²) in [4.78, 5) is 7.86.